The van der Waals surface area contributed by atoms with E-state index in [4.69, 9.17) is 0 Å². The second-order valence-corrected chi connectivity index (χ2v) is 12.0. The molecule has 2 aromatic heterocycles. The Bertz CT molecular complexity index is 2680. The fourth-order valence-corrected chi connectivity index (χ4v) is 7.54. The third-order valence-electron chi connectivity index (χ3n) is 9.58. The fraction of sp³-hybridized carbons (Fsp3) is 0. The van der Waals surface area contributed by atoms with Gasteiger partial charge in [0.25, 0.3) is 0 Å². The summed E-state index contributed by atoms with van der Waals surface area (Å²) < 4.78 is 2.38. The van der Waals surface area contributed by atoms with Gasteiger partial charge in [-0.3, -0.25) is 4.98 Å². The quantitative estimate of drug-likeness (QED) is 0.193. The molecule has 2 nitrogen and oxygen atoms in total. The Morgan fingerprint density at radius 1 is 0.400 bits per heavy atom. The van der Waals surface area contributed by atoms with Crippen LogP contribution < -0.4 is 0 Å². The molecule has 10 rings (SSSR count). The van der Waals surface area contributed by atoms with Gasteiger partial charge in [0.2, 0.25) is 0 Å². The number of aromatic nitrogens is 2. The van der Waals surface area contributed by atoms with Crippen LogP contribution in [0.4, 0.5) is 0 Å². The Hall–Kier alpha value is -5.99. The van der Waals surface area contributed by atoms with Gasteiger partial charge in [0.1, 0.15) is 0 Å². The van der Waals surface area contributed by atoms with Crippen LogP contribution in [0.3, 0.4) is 0 Å². The Morgan fingerprint density at radius 3 is 1.73 bits per heavy atom. The molecule has 0 radical (unpaired) electrons. The molecule has 2 heteroatoms. The van der Waals surface area contributed by atoms with E-state index in [1.807, 2.05) is 12.3 Å². The molecule has 208 valence electrons. The maximum Gasteiger partial charge on any atom is 0.0702 e. The van der Waals surface area contributed by atoms with Gasteiger partial charge in [-0.2, -0.15) is 0 Å². The van der Waals surface area contributed by atoms with Gasteiger partial charge in [-0.05, 0) is 103 Å². The first kappa shape index (κ1) is 24.5. The minimum atomic E-state index is 1.01. The Kier molecular flexibility index (Phi) is 5.03. The molecule has 0 aliphatic heterocycles. The molecule has 2 heterocycles. The van der Waals surface area contributed by atoms with E-state index in [-0.39, 0.29) is 0 Å². The summed E-state index contributed by atoms with van der Waals surface area (Å²) in [5.74, 6) is 0. The molecular weight excluding hydrogens is 544 g/mol. The summed E-state index contributed by atoms with van der Waals surface area (Å²) in [6.07, 6.45) is 1.86. The highest BCUT2D eigenvalue weighted by Crippen LogP contribution is 2.44. The predicted octanol–water partition coefficient (Wildman–Crippen LogP) is 11.6. The molecule has 0 bridgehead atoms. The highest BCUT2D eigenvalue weighted by Gasteiger charge is 2.18. The third kappa shape index (κ3) is 3.54. The van der Waals surface area contributed by atoms with Crippen LogP contribution in [0.1, 0.15) is 0 Å². The van der Waals surface area contributed by atoms with Crippen molar-refractivity contribution in [2.24, 2.45) is 0 Å². The standard InChI is InChI=1S/C43H26N2/c1-3-12-40-33(10-1)34-11-2-4-13-41(34)45(40)32-19-14-27(15-20-32)37-26-38(30-18-23-39-31(25-30)9-6-24-44-39)36-22-17-29-8-5-7-28-16-21-35(37)43(36)42(28)29/h1-26H. The molecule has 0 amide bonds. The van der Waals surface area contributed by atoms with Crippen molar-refractivity contribution in [1.82, 2.24) is 9.55 Å². The molecule has 0 saturated heterocycles. The Balaban J connectivity index is 1.23. The summed E-state index contributed by atoms with van der Waals surface area (Å²) in [7, 11) is 0. The predicted molar refractivity (Wildman–Crippen MR) is 191 cm³/mol. The van der Waals surface area contributed by atoms with Crippen LogP contribution in [-0.2, 0) is 0 Å². The van der Waals surface area contributed by atoms with Crippen molar-refractivity contribution in [3.05, 3.63) is 158 Å². The Labute approximate surface area is 259 Å². The van der Waals surface area contributed by atoms with Crippen molar-refractivity contribution in [2.45, 2.75) is 0 Å². The summed E-state index contributed by atoms with van der Waals surface area (Å²) in [6.45, 7) is 0. The van der Waals surface area contributed by atoms with Gasteiger partial charge >= 0.3 is 0 Å². The van der Waals surface area contributed by atoms with E-state index in [0.29, 0.717) is 0 Å². The average Bonchev–Trinajstić information content (AvgIpc) is 3.45. The number of nitrogens with zero attached hydrogens (tertiary/aromatic N) is 2. The van der Waals surface area contributed by atoms with Crippen LogP contribution in [0, 0.1) is 0 Å². The van der Waals surface area contributed by atoms with E-state index in [2.05, 4.69) is 155 Å². The maximum absolute atomic E-state index is 4.58. The van der Waals surface area contributed by atoms with Gasteiger partial charge in [0, 0.05) is 28.0 Å². The molecule has 0 spiro atoms. The minimum absolute atomic E-state index is 1.01. The molecule has 0 fully saturated rings. The second kappa shape index (κ2) is 9.25. The van der Waals surface area contributed by atoms with Crippen molar-refractivity contribution < 1.29 is 0 Å². The van der Waals surface area contributed by atoms with Crippen LogP contribution in [0.5, 0.6) is 0 Å². The zero-order chi connectivity index (χ0) is 29.5. The lowest BCUT2D eigenvalue weighted by Gasteiger charge is -2.18. The molecule has 0 aliphatic carbocycles. The summed E-state index contributed by atoms with van der Waals surface area (Å²) >= 11 is 0. The zero-order valence-corrected chi connectivity index (χ0v) is 24.4. The van der Waals surface area contributed by atoms with Gasteiger partial charge in [0.15, 0.2) is 0 Å². The van der Waals surface area contributed by atoms with E-state index < -0.39 is 0 Å². The SMILES string of the molecule is c1cnc2ccc(-c3cc(-c4ccc(-n5c6ccccc6c6ccccc65)cc4)c4ccc5cccc6ccc3c4c56)cc2c1. The normalized spacial score (nSPS) is 12.0. The molecule has 45 heavy (non-hydrogen) atoms. The van der Waals surface area contributed by atoms with Crippen molar-refractivity contribution in [3.8, 4) is 27.9 Å². The number of rotatable bonds is 3. The van der Waals surface area contributed by atoms with E-state index in [1.54, 1.807) is 0 Å². The molecule has 0 unspecified atom stereocenters. The number of benzene rings is 8. The Morgan fingerprint density at radius 2 is 1.02 bits per heavy atom. The first-order chi connectivity index (χ1) is 22.3. The van der Waals surface area contributed by atoms with E-state index in [0.717, 1.165) is 16.6 Å². The number of fused-ring (bicyclic) bond motifs is 4. The summed E-state index contributed by atoms with van der Waals surface area (Å²) in [5.41, 5.74) is 9.53. The summed E-state index contributed by atoms with van der Waals surface area (Å²) in [5, 5.41) is 11.5. The zero-order valence-electron chi connectivity index (χ0n) is 24.4. The van der Waals surface area contributed by atoms with Crippen LogP contribution in [0.2, 0.25) is 0 Å². The van der Waals surface area contributed by atoms with Gasteiger partial charge in [-0.1, -0.05) is 103 Å². The van der Waals surface area contributed by atoms with Crippen LogP contribution in [-0.4, -0.2) is 9.55 Å². The number of para-hydroxylation sites is 2. The number of hydrogen-bond acceptors (Lipinski definition) is 1. The molecule has 0 aliphatic rings. The van der Waals surface area contributed by atoms with Crippen LogP contribution in [0.15, 0.2) is 158 Å². The lowest BCUT2D eigenvalue weighted by Crippen LogP contribution is -1.94. The monoisotopic (exact) mass is 570 g/mol. The van der Waals surface area contributed by atoms with Gasteiger partial charge in [0.05, 0.1) is 16.6 Å². The molecule has 10 aromatic rings. The van der Waals surface area contributed by atoms with Crippen molar-refractivity contribution >= 4 is 65.0 Å². The summed E-state index contributed by atoms with van der Waals surface area (Å²) in [4.78, 5) is 4.58. The van der Waals surface area contributed by atoms with Crippen molar-refractivity contribution in [2.75, 3.05) is 0 Å². The van der Waals surface area contributed by atoms with Crippen LogP contribution >= 0.6 is 0 Å². The molecule has 0 atom stereocenters. The first-order valence-electron chi connectivity index (χ1n) is 15.5. The molecule has 0 N–H and O–H groups in total. The first-order valence-corrected chi connectivity index (χ1v) is 15.5. The smallest absolute Gasteiger partial charge is 0.0702 e. The van der Waals surface area contributed by atoms with Gasteiger partial charge in [-0.15, -0.1) is 0 Å². The van der Waals surface area contributed by atoms with Gasteiger partial charge < -0.3 is 4.57 Å². The fourth-order valence-electron chi connectivity index (χ4n) is 7.54. The van der Waals surface area contributed by atoms with Crippen LogP contribution in [0.25, 0.3) is 93.0 Å². The van der Waals surface area contributed by atoms with E-state index >= 15 is 0 Å². The highest BCUT2D eigenvalue weighted by atomic mass is 15.0. The number of pyridine rings is 1. The number of hydrogen-bond donors (Lipinski definition) is 0. The van der Waals surface area contributed by atoms with Gasteiger partial charge in [-0.25, -0.2) is 0 Å². The average molecular weight is 571 g/mol. The highest BCUT2D eigenvalue weighted by molar-refractivity contribution is 6.28. The third-order valence-corrected chi connectivity index (χ3v) is 9.58. The molecule has 0 saturated carbocycles. The lowest BCUT2D eigenvalue weighted by molar-refractivity contribution is 1.18. The maximum atomic E-state index is 4.58. The lowest BCUT2D eigenvalue weighted by atomic mass is 9.85. The summed E-state index contributed by atoms with van der Waals surface area (Å²) in [6, 6.07) is 55.5. The van der Waals surface area contributed by atoms with E-state index in [1.165, 1.54) is 76.4 Å². The van der Waals surface area contributed by atoms with E-state index in [9.17, 15) is 0 Å². The van der Waals surface area contributed by atoms with Crippen molar-refractivity contribution in [1.29, 1.82) is 0 Å². The molecular formula is C43H26N2. The largest absolute Gasteiger partial charge is 0.309 e. The second-order valence-electron chi connectivity index (χ2n) is 12.0. The minimum Gasteiger partial charge on any atom is -0.309 e. The topological polar surface area (TPSA) is 17.8 Å². The van der Waals surface area contributed by atoms with Crippen molar-refractivity contribution in [3.63, 3.8) is 0 Å². The molecule has 8 aromatic carbocycles.